The highest BCUT2D eigenvalue weighted by Crippen LogP contribution is 1.84. The second kappa shape index (κ2) is 12.3. The fourth-order valence-corrected chi connectivity index (χ4v) is 41.3. The summed E-state index contributed by atoms with van der Waals surface area (Å²) in [6, 6.07) is 0. The second-order valence-corrected chi connectivity index (χ2v) is 32.0. The van der Waals surface area contributed by atoms with E-state index < -0.39 is 0 Å². The van der Waals surface area contributed by atoms with Gasteiger partial charge in [-0.05, 0) is 17.0 Å². The van der Waals surface area contributed by atoms with E-state index in [-0.39, 0.29) is 57.1 Å². The summed E-state index contributed by atoms with van der Waals surface area (Å²) >= 11 is 0. The van der Waals surface area contributed by atoms with Gasteiger partial charge in [-0.25, -0.2) is 0 Å². The van der Waals surface area contributed by atoms with Crippen molar-refractivity contribution in [3.8, 4) is 0 Å². The van der Waals surface area contributed by atoms with Crippen LogP contribution in [0.25, 0.3) is 0 Å². The van der Waals surface area contributed by atoms with Crippen molar-refractivity contribution in [2.45, 2.75) is 17.0 Å². The highest BCUT2D eigenvalue weighted by atomic mass is 29.2. The first kappa shape index (κ1) is 14.9. The van der Waals surface area contributed by atoms with E-state index in [0.717, 1.165) is 0 Å². The highest BCUT2D eigenvalue weighted by Gasteiger charge is 1.99. The van der Waals surface area contributed by atoms with Crippen LogP contribution in [0.4, 0.5) is 0 Å². The zero-order valence-corrected chi connectivity index (χ0v) is 22.4. The Morgan fingerprint density at radius 3 is 0.933 bits per heavy atom. The fraction of sp³-hybridized carbons (Fsp3) is 1.00. The number of rotatable bonds is 0. The maximum Gasteiger partial charge on any atom is 0.142 e. The van der Waals surface area contributed by atoms with Crippen LogP contribution in [-0.4, -0.2) is 84.2 Å². The van der Waals surface area contributed by atoms with Crippen molar-refractivity contribution in [1.29, 1.82) is 0 Å². The van der Waals surface area contributed by atoms with E-state index in [0.29, 0.717) is 27.1 Å². The molecule has 0 radical (unpaired) electrons. The summed E-state index contributed by atoms with van der Waals surface area (Å²) in [6.45, 7) is 0. The van der Waals surface area contributed by atoms with Crippen LogP contribution in [0.5, 0.6) is 0 Å². The lowest BCUT2D eigenvalue weighted by molar-refractivity contribution is 0.669. The molecule has 0 spiro atoms. The molecule has 3 heterocycles. The summed E-state index contributed by atoms with van der Waals surface area (Å²) in [5.74, 6) is 0. The first-order valence-corrected chi connectivity index (χ1v) is 27.7. The SMILES string of the molecule is C1[SiH2]O[SiH2][SiH2]1.C1[SiH2]O[SiH2][SiH2]1.C1[SiH2]O[SiH2][SiH2]1. The third-order valence-corrected chi connectivity index (χ3v) is 43.6. The van der Waals surface area contributed by atoms with Crippen molar-refractivity contribution < 1.29 is 12.3 Å². The normalized spacial score (nSPS) is 38.4. The molecule has 0 aliphatic carbocycles. The zero-order valence-electron chi connectivity index (χ0n) is 9.71. The molecule has 90 valence electrons. The number of hydrogen-bond acceptors (Lipinski definition) is 3. The molecule has 15 heavy (non-hydrogen) atoms. The standard InChI is InChI=1S/3CH8OSi3/c3*1-3-2-5-4-1/h3*1,3-5H2. The van der Waals surface area contributed by atoms with E-state index in [1.54, 1.807) is 17.0 Å². The quantitative estimate of drug-likeness (QED) is 0.402. The molecule has 3 saturated heterocycles. The Morgan fingerprint density at radius 2 is 0.867 bits per heavy atom. The van der Waals surface area contributed by atoms with E-state index >= 15 is 0 Å². The summed E-state index contributed by atoms with van der Waals surface area (Å²) in [7, 11) is 2.80. The van der Waals surface area contributed by atoms with Crippen molar-refractivity contribution in [3.05, 3.63) is 0 Å². The van der Waals surface area contributed by atoms with E-state index in [1.807, 2.05) is 0 Å². The van der Waals surface area contributed by atoms with E-state index in [4.69, 9.17) is 12.3 Å². The zero-order chi connectivity index (χ0) is 10.6. The van der Waals surface area contributed by atoms with E-state index in [2.05, 4.69) is 0 Å². The van der Waals surface area contributed by atoms with Gasteiger partial charge in [-0.2, -0.15) is 0 Å². The molecular formula is C3H24O3Si9. The molecule has 0 amide bonds. The molecule has 3 aliphatic heterocycles. The van der Waals surface area contributed by atoms with Crippen LogP contribution in [0.1, 0.15) is 0 Å². The lowest BCUT2D eigenvalue weighted by Gasteiger charge is -1.77. The summed E-state index contributed by atoms with van der Waals surface area (Å²) in [6.07, 6.45) is 0. The Morgan fingerprint density at radius 1 is 0.533 bits per heavy atom. The lowest BCUT2D eigenvalue weighted by atomic mass is 11.9. The Kier molecular flexibility index (Phi) is 12.2. The van der Waals surface area contributed by atoms with Crippen LogP contribution < -0.4 is 0 Å². The smallest absolute Gasteiger partial charge is 0.142 e. The molecule has 0 N–H and O–H groups in total. The molecule has 0 aromatic heterocycles. The lowest BCUT2D eigenvalue weighted by Crippen LogP contribution is -1.91. The summed E-state index contributed by atoms with van der Waals surface area (Å²) in [5.41, 5.74) is 4.85. The average molecular weight is 361 g/mol. The van der Waals surface area contributed by atoms with Gasteiger partial charge in [0.05, 0.1) is 0 Å². The van der Waals surface area contributed by atoms with Crippen molar-refractivity contribution >= 4 is 84.2 Å². The molecule has 3 nitrogen and oxygen atoms in total. The average Bonchev–Trinajstić information content (AvgIpc) is 3.09. The van der Waals surface area contributed by atoms with Crippen LogP contribution in [0, 0.1) is 0 Å². The minimum Gasteiger partial charge on any atom is -0.468 e. The van der Waals surface area contributed by atoms with Gasteiger partial charge in [0, 0.05) is 27.1 Å². The van der Waals surface area contributed by atoms with Gasteiger partial charge >= 0.3 is 0 Å². The Balaban J connectivity index is 0.000000112. The monoisotopic (exact) mass is 360 g/mol. The number of hydrogen-bond donors (Lipinski definition) is 0. The molecule has 0 saturated carbocycles. The first-order valence-electron chi connectivity index (χ1n) is 6.23. The summed E-state index contributed by atoms with van der Waals surface area (Å²) < 4.78 is 15.9. The molecule has 0 aromatic carbocycles. The predicted molar refractivity (Wildman–Crippen MR) is 94.6 cm³/mol. The fourth-order valence-electron chi connectivity index (χ4n) is 1.53. The summed E-state index contributed by atoms with van der Waals surface area (Å²) in [5, 5.41) is 0. The van der Waals surface area contributed by atoms with Gasteiger partial charge in [-0.1, -0.05) is 0 Å². The topological polar surface area (TPSA) is 27.7 Å². The Bertz CT molecular complexity index is 79.2. The molecule has 0 atom stereocenters. The minimum absolute atomic E-state index is 0.167. The largest absolute Gasteiger partial charge is 0.468 e. The molecule has 0 unspecified atom stereocenters. The van der Waals surface area contributed by atoms with Crippen molar-refractivity contribution in [2.75, 3.05) is 0 Å². The third-order valence-electron chi connectivity index (χ3n) is 2.48. The second-order valence-electron chi connectivity index (χ2n) is 3.96. The molecule has 0 aromatic rings. The highest BCUT2D eigenvalue weighted by molar-refractivity contribution is 7.05. The molecule has 3 rings (SSSR count). The van der Waals surface area contributed by atoms with Gasteiger partial charge in [-0.3, -0.25) is 0 Å². The minimum atomic E-state index is 0.167. The van der Waals surface area contributed by atoms with Crippen LogP contribution in [0.15, 0.2) is 0 Å². The van der Waals surface area contributed by atoms with E-state index in [1.165, 1.54) is 0 Å². The third kappa shape index (κ3) is 10.7. The van der Waals surface area contributed by atoms with Gasteiger partial charge < -0.3 is 12.3 Å². The molecule has 0 bridgehead atoms. The van der Waals surface area contributed by atoms with Crippen molar-refractivity contribution in [1.82, 2.24) is 0 Å². The summed E-state index contributed by atoms with van der Waals surface area (Å²) in [4.78, 5) is 0. The maximum atomic E-state index is 5.28. The van der Waals surface area contributed by atoms with Gasteiger partial charge in [-0.15, -0.1) is 0 Å². The van der Waals surface area contributed by atoms with Crippen LogP contribution in [0.2, 0.25) is 17.0 Å². The van der Waals surface area contributed by atoms with Crippen molar-refractivity contribution in [3.63, 3.8) is 0 Å². The first-order chi connectivity index (χ1) is 7.50. The molecular weight excluding hydrogens is 337 g/mol. The molecule has 3 aliphatic rings. The van der Waals surface area contributed by atoms with Gasteiger partial charge in [0.25, 0.3) is 0 Å². The Labute approximate surface area is 113 Å². The van der Waals surface area contributed by atoms with Gasteiger partial charge in [0.2, 0.25) is 0 Å². The van der Waals surface area contributed by atoms with Crippen LogP contribution >= 0.6 is 0 Å². The maximum absolute atomic E-state index is 5.28. The predicted octanol–water partition coefficient (Wildman–Crippen LogP) is -7.07. The van der Waals surface area contributed by atoms with Gasteiger partial charge in [0.1, 0.15) is 57.1 Å². The Hall–Kier alpha value is 1.83. The molecule has 3 fully saturated rings. The molecule has 12 heteroatoms. The van der Waals surface area contributed by atoms with Crippen LogP contribution in [-0.2, 0) is 12.3 Å². The van der Waals surface area contributed by atoms with Crippen LogP contribution in [0.3, 0.4) is 0 Å². The van der Waals surface area contributed by atoms with Gasteiger partial charge in [0.15, 0.2) is 0 Å². The van der Waals surface area contributed by atoms with E-state index in [9.17, 15) is 0 Å². The van der Waals surface area contributed by atoms with Crippen molar-refractivity contribution in [2.24, 2.45) is 0 Å².